The number of rotatable bonds is 7. The van der Waals surface area contributed by atoms with Gasteiger partial charge in [-0.3, -0.25) is 14.5 Å². The number of aryl methyl sites for hydroxylation is 2. The first-order valence-electron chi connectivity index (χ1n) is 11.0. The topological polar surface area (TPSA) is 67.9 Å². The summed E-state index contributed by atoms with van der Waals surface area (Å²) in [5.74, 6) is 0.336. The molecule has 0 bridgehead atoms. The molecular formula is C27H23ClN2O4S2. The maximum absolute atomic E-state index is 13.1. The summed E-state index contributed by atoms with van der Waals surface area (Å²) in [6, 6.07) is 18.1. The first-order chi connectivity index (χ1) is 17.3. The van der Waals surface area contributed by atoms with E-state index < -0.39 is 0 Å². The Morgan fingerprint density at radius 1 is 1.08 bits per heavy atom. The molecule has 1 N–H and O–H groups in total. The Bertz CT molecular complexity index is 1390. The third-order valence-electron chi connectivity index (χ3n) is 5.47. The number of carbonyl (C=O) groups is 2. The van der Waals surface area contributed by atoms with Crippen LogP contribution in [0.4, 0.5) is 11.4 Å². The van der Waals surface area contributed by atoms with Crippen molar-refractivity contribution in [3.8, 4) is 11.5 Å². The summed E-state index contributed by atoms with van der Waals surface area (Å²) >= 11 is 12.7. The smallest absolute Gasteiger partial charge is 0.270 e. The van der Waals surface area contributed by atoms with E-state index in [1.807, 2.05) is 44.2 Å². The third kappa shape index (κ3) is 5.73. The number of halogens is 1. The minimum absolute atomic E-state index is 0.174. The molecule has 6 nitrogen and oxygen atoms in total. The van der Waals surface area contributed by atoms with Gasteiger partial charge in [-0.05, 0) is 66.9 Å². The van der Waals surface area contributed by atoms with Gasteiger partial charge in [0.05, 0.1) is 17.7 Å². The molecule has 3 aromatic carbocycles. The lowest BCUT2D eigenvalue weighted by Crippen LogP contribution is -2.28. The minimum atomic E-state index is -0.327. The number of anilines is 2. The van der Waals surface area contributed by atoms with Crippen LogP contribution in [0.1, 0.15) is 16.7 Å². The monoisotopic (exact) mass is 538 g/mol. The molecule has 184 valence electrons. The average Bonchev–Trinajstić information content (AvgIpc) is 3.13. The van der Waals surface area contributed by atoms with Crippen LogP contribution in [0, 0.1) is 13.8 Å². The number of hydrogen-bond donors (Lipinski definition) is 1. The number of ether oxygens (including phenoxy) is 2. The van der Waals surface area contributed by atoms with E-state index in [4.69, 9.17) is 33.3 Å². The number of nitrogens with one attached hydrogen (secondary N) is 1. The number of hydrogen-bond acceptors (Lipinski definition) is 6. The summed E-state index contributed by atoms with van der Waals surface area (Å²) in [4.78, 5) is 27.6. The second kappa shape index (κ2) is 11.2. The van der Waals surface area contributed by atoms with Crippen molar-refractivity contribution >= 4 is 69.2 Å². The highest BCUT2D eigenvalue weighted by Crippen LogP contribution is 2.38. The van der Waals surface area contributed by atoms with Gasteiger partial charge in [-0.2, -0.15) is 0 Å². The van der Waals surface area contributed by atoms with E-state index in [1.54, 1.807) is 41.3 Å². The highest BCUT2D eigenvalue weighted by atomic mass is 35.5. The van der Waals surface area contributed by atoms with Gasteiger partial charge >= 0.3 is 0 Å². The van der Waals surface area contributed by atoms with Gasteiger partial charge in [-0.25, -0.2) is 0 Å². The number of thioether (sulfide) groups is 1. The number of para-hydroxylation sites is 1. The Balaban J connectivity index is 1.46. The normalized spacial score (nSPS) is 14.3. The lowest BCUT2D eigenvalue weighted by molar-refractivity contribution is -0.118. The maximum Gasteiger partial charge on any atom is 0.270 e. The van der Waals surface area contributed by atoms with Crippen LogP contribution in [0.15, 0.2) is 65.6 Å². The van der Waals surface area contributed by atoms with Crippen LogP contribution in [0.2, 0.25) is 5.02 Å². The quantitative estimate of drug-likeness (QED) is 0.278. The molecule has 0 unspecified atom stereocenters. The molecule has 1 saturated heterocycles. The van der Waals surface area contributed by atoms with Gasteiger partial charge in [0, 0.05) is 10.7 Å². The highest BCUT2D eigenvalue weighted by Gasteiger charge is 2.34. The number of methoxy groups -OCH3 is 1. The molecule has 36 heavy (non-hydrogen) atoms. The number of amides is 2. The summed E-state index contributed by atoms with van der Waals surface area (Å²) in [6.07, 6.45) is 1.76. The lowest BCUT2D eigenvalue weighted by Gasteiger charge is -2.16. The van der Waals surface area contributed by atoms with Crippen molar-refractivity contribution in [2.75, 3.05) is 23.9 Å². The Labute approximate surface area is 224 Å². The van der Waals surface area contributed by atoms with E-state index in [2.05, 4.69) is 5.32 Å². The first-order valence-corrected chi connectivity index (χ1v) is 12.6. The Hall–Kier alpha value is -3.33. The van der Waals surface area contributed by atoms with Gasteiger partial charge in [0.25, 0.3) is 11.8 Å². The van der Waals surface area contributed by atoms with Crippen LogP contribution in [0.25, 0.3) is 6.08 Å². The van der Waals surface area contributed by atoms with Gasteiger partial charge in [-0.1, -0.05) is 65.9 Å². The minimum Gasteiger partial charge on any atom is -0.493 e. The van der Waals surface area contributed by atoms with Crippen molar-refractivity contribution < 1.29 is 19.1 Å². The molecule has 1 aliphatic heterocycles. The zero-order valence-corrected chi connectivity index (χ0v) is 22.2. The fourth-order valence-electron chi connectivity index (χ4n) is 3.59. The van der Waals surface area contributed by atoms with Gasteiger partial charge in [0.2, 0.25) is 0 Å². The van der Waals surface area contributed by atoms with Crippen molar-refractivity contribution in [3.63, 3.8) is 0 Å². The van der Waals surface area contributed by atoms with Crippen LogP contribution in [0.3, 0.4) is 0 Å². The Morgan fingerprint density at radius 3 is 2.61 bits per heavy atom. The van der Waals surface area contributed by atoms with E-state index in [0.717, 1.165) is 22.4 Å². The van der Waals surface area contributed by atoms with Crippen LogP contribution in [0.5, 0.6) is 11.5 Å². The number of carbonyl (C=O) groups excluding carboxylic acids is 2. The van der Waals surface area contributed by atoms with Gasteiger partial charge in [0.15, 0.2) is 22.4 Å². The molecule has 1 aliphatic rings. The molecule has 0 radical (unpaired) electrons. The average molecular weight is 539 g/mol. The predicted molar refractivity (Wildman–Crippen MR) is 150 cm³/mol. The van der Waals surface area contributed by atoms with Crippen molar-refractivity contribution in [1.82, 2.24) is 0 Å². The van der Waals surface area contributed by atoms with Gasteiger partial charge in [0.1, 0.15) is 0 Å². The van der Waals surface area contributed by atoms with Crippen LogP contribution in [-0.4, -0.2) is 29.9 Å². The predicted octanol–water partition coefficient (Wildman–Crippen LogP) is 6.39. The van der Waals surface area contributed by atoms with E-state index in [1.165, 1.54) is 18.9 Å². The zero-order valence-electron chi connectivity index (χ0n) is 19.8. The third-order valence-corrected chi connectivity index (χ3v) is 7.01. The lowest BCUT2D eigenvalue weighted by atomic mass is 10.1. The molecular weight excluding hydrogens is 516 g/mol. The summed E-state index contributed by atoms with van der Waals surface area (Å²) in [7, 11) is 1.51. The SMILES string of the molecule is COc1cc(/C=C2\SC(=S)N(c3ccccc3C)C2=O)ccc1OCC(=O)Nc1cc(Cl)ccc1C. The molecule has 9 heteroatoms. The van der Waals surface area contributed by atoms with E-state index >= 15 is 0 Å². The number of nitrogens with zero attached hydrogens (tertiary/aromatic N) is 1. The standard InChI is InChI=1S/C27H23ClN2O4S2/c1-16-8-10-19(28)14-20(16)29-25(31)15-34-22-11-9-18(12-23(22)33-3)13-24-26(32)30(27(35)36-24)21-7-5-4-6-17(21)2/h4-14H,15H2,1-3H3,(H,29,31)/b24-13-. The zero-order chi connectivity index (χ0) is 25.8. The molecule has 0 aromatic heterocycles. The maximum atomic E-state index is 13.1. The second-order valence-corrected chi connectivity index (χ2v) is 10.1. The summed E-state index contributed by atoms with van der Waals surface area (Å²) in [5.41, 5.74) is 4.00. The van der Waals surface area contributed by atoms with Crippen LogP contribution < -0.4 is 19.7 Å². The molecule has 0 atom stereocenters. The fraction of sp³-hybridized carbons (Fsp3) is 0.148. The van der Waals surface area contributed by atoms with Crippen molar-refractivity contribution in [2.45, 2.75) is 13.8 Å². The molecule has 0 spiro atoms. The summed E-state index contributed by atoms with van der Waals surface area (Å²) in [5, 5.41) is 3.33. The highest BCUT2D eigenvalue weighted by molar-refractivity contribution is 8.27. The van der Waals surface area contributed by atoms with Crippen molar-refractivity contribution in [2.24, 2.45) is 0 Å². The Morgan fingerprint density at radius 2 is 1.86 bits per heavy atom. The Kier molecular flexibility index (Phi) is 7.98. The molecule has 1 heterocycles. The summed E-state index contributed by atoms with van der Waals surface area (Å²) in [6.45, 7) is 3.61. The van der Waals surface area contributed by atoms with E-state index in [0.29, 0.717) is 31.4 Å². The molecule has 0 aliphatic carbocycles. The number of benzene rings is 3. The van der Waals surface area contributed by atoms with Crippen LogP contribution >= 0.6 is 35.6 Å². The van der Waals surface area contributed by atoms with Crippen LogP contribution in [-0.2, 0) is 9.59 Å². The largest absolute Gasteiger partial charge is 0.493 e. The van der Waals surface area contributed by atoms with E-state index in [-0.39, 0.29) is 18.4 Å². The second-order valence-electron chi connectivity index (χ2n) is 8.01. The van der Waals surface area contributed by atoms with Gasteiger partial charge < -0.3 is 14.8 Å². The molecule has 4 rings (SSSR count). The fourth-order valence-corrected chi connectivity index (χ4v) is 5.05. The van der Waals surface area contributed by atoms with Gasteiger partial charge in [-0.15, -0.1) is 0 Å². The first kappa shape index (κ1) is 25.8. The van der Waals surface area contributed by atoms with Crippen molar-refractivity contribution in [1.29, 1.82) is 0 Å². The summed E-state index contributed by atoms with van der Waals surface area (Å²) < 4.78 is 11.6. The molecule has 3 aromatic rings. The van der Waals surface area contributed by atoms with Crippen molar-refractivity contribution in [3.05, 3.63) is 87.3 Å². The molecule has 0 saturated carbocycles. The van der Waals surface area contributed by atoms with E-state index in [9.17, 15) is 9.59 Å². The molecule has 1 fully saturated rings. The number of thiocarbonyl (C=S) groups is 1. The molecule has 2 amide bonds.